The molecule has 0 aromatic heterocycles. The van der Waals surface area contributed by atoms with Crippen LogP contribution in [0.2, 0.25) is 0 Å². The number of para-hydroxylation sites is 1. The standard InChI is InChI=1S/C24H29NO4S.C11H17N/c1-30-14-2-11-27-21-6-3-18(4-7-21)22-15-20(17-25(22)9-10-26)19-5-8-23-24(16-19)29-13-12-28-23;1-4-9-7-6-8-10(5-2)11(9)12-3/h3-8,10,16,20,22H,2,9,11-15,17H2,1H3;6-8,12H,4-5H2,1-3H3/t20-,22?;/m1./s1. The first-order valence-electron chi connectivity index (χ1n) is 15.2. The number of benzene rings is 3. The first-order chi connectivity index (χ1) is 20.6. The van der Waals surface area contributed by atoms with Gasteiger partial charge in [-0.2, -0.15) is 11.8 Å². The Bertz CT molecular complexity index is 1240. The molecule has 2 aliphatic rings. The first kappa shape index (κ1) is 31.8. The molecule has 0 radical (unpaired) electrons. The highest BCUT2D eigenvalue weighted by Crippen LogP contribution is 2.43. The molecular formula is C35H46N2O4S. The lowest BCUT2D eigenvalue weighted by Gasteiger charge is -2.22. The summed E-state index contributed by atoms with van der Waals surface area (Å²) in [7, 11) is 1.99. The maximum absolute atomic E-state index is 11.3. The summed E-state index contributed by atoms with van der Waals surface area (Å²) in [5, 5.41) is 3.27. The highest BCUT2D eigenvalue weighted by atomic mass is 32.2. The average molecular weight is 591 g/mol. The number of nitrogens with one attached hydrogen (secondary N) is 1. The second-order valence-electron chi connectivity index (χ2n) is 10.6. The van der Waals surface area contributed by atoms with Crippen molar-refractivity contribution in [3.63, 3.8) is 0 Å². The van der Waals surface area contributed by atoms with Crippen LogP contribution in [0.25, 0.3) is 0 Å². The number of aldehydes is 1. The van der Waals surface area contributed by atoms with E-state index in [9.17, 15) is 4.79 Å². The Balaban J connectivity index is 0.000000283. The van der Waals surface area contributed by atoms with Crippen LogP contribution in [0, 0.1) is 0 Å². The molecule has 2 aliphatic heterocycles. The summed E-state index contributed by atoms with van der Waals surface area (Å²) >= 11 is 1.84. The summed E-state index contributed by atoms with van der Waals surface area (Å²) in [6.45, 7) is 7.61. The maximum Gasteiger partial charge on any atom is 0.161 e. The number of fused-ring (bicyclic) bond motifs is 1. The Labute approximate surface area is 256 Å². The zero-order valence-electron chi connectivity index (χ0n) is 25.6. The normalized spacial score (nSPS) is 17.7. The van der Waals surface area contributed by atoms with Gasteiger partial charge in [0.15, 0.2) is 11.5 Å². The van der Waals surface area contributed by atoms with Gasteiger partial charge in [0.2, 0.25) is 0 Å². The fraction of sp³-hybridized carbons (Fsp3) is 0.457. The molecule has 0 saturated carbocycles. The quantitative estimate of drug-likeness (QED) is 0.177. The van der Waals surface area contributed by atoms with Crippen molar-refractivity contribution in [2.45, 2.75) is 51.5 Å². The van der Waals surface area contributed by atoms with E-state index in [1.165, 1.54) is 27.9 Å². The van der Waals surface area contributed by atoms with Crippen LogP contribution in [0.15, 0.2) is 60.7 Å². The van der Waals surface area contributed by atoms with Gasteiger partial charge in [-0.1, -0.05) is 50.2 Å². The largest absolute Gasteiger partial charge is 0.494 e. The Kier molecular flexibility index (Phi) is 12.5. The summed E-state index contributed by atoms with van der Waals surface area (Å²) in [6, 6.07) is 21.3. The van der Waals surface area contributed by atoms with E-state index in [-0.39, 0.29) is 6.04 Å². The Morgan fingerprint density at radius 1 is 0.976 bits per heavy atom. The van der Waals surface area contributed by atoms with E-state index in [1.54, 1.807) is 0 Å². The summed E-state index contributed by atoms with van der Waals surface area (Å²) in [5.74, 6) is 4.02. The fourth-order valence-electron chi connectivity index (χ4n) is 5.85. The number of thioether (sulfide) groups is 1. The maximum atomic E-state index is 11.3. The topological polar surface area (TPSA) is 60.0 Å². The van der Waals surface area contributed by atoms with Crippen LogP contribution >= 0.6 is 11.8 Å². The molecule has 3 aromatic carbocycles. The molecule has 1 unspecified atom stereocenters. The van der Waals surface area contributed by atoms with E-state index in [2.05, 4.69) is 72.8 Å². The molecule has 3 aromatic rings. The zero-order chi connectivity index (χ0) is 29.7. The van der Waals surface area contributed by atoms with Gasteiger partial charge >= 0.3 is 0 Å². The highest BCUT2D eigenvalue weighted by Gasteiger charge is 2.34. The lowest BCUT2D eigenvalue weighted by atomic mass is 9.93. The van der Waals surface area contributed by atoms with Gasteiger partial charge in [0.25, 0.3) is 0 Å². The molecule has 0 amide bonds. The van der Waals surface area contributed by atoms with Crippen LogP contribution in [-0.4, -0.2) is 63.2 Å². The predicted octanol–water partition coefficient (Wildman–Crippen LogP) is 7.17. The number of likely N-dealkylation sites (tertiary alicyclic amines) is 1. The number of ether oxygens (including phenoxy) is 3. The number of hydrogen-bond donors (Lipinski definition) is 1. The Morgan fingerprint density at radius 2 is 1.67 bits per heavy atom. The molecular weight excluding hydrogens is 544 g/mol. The van der Waals surface area contributed by atoms with E-state index >= 15 is 0 Å². The molecule has 1 N–H and O–H groups in total. The van der Waals surface area contributed by atoms with E-state index in [0.717, 1.165) is 68.1 Å². The van der Waals surface area contributed by atoms with Crippen molar-refractivity contribution in [3.05, 3.63) is 82.9 Å². The third kappa shape index (κ3) is 8.23. The van der Waals surface area contributed by atoms with Gasteiger partial charge in [-0.15, -0.1) is 0 Å². The van der Waals surface area contributed by atoms with Crippen LogP contribution < -0.4 is 19.5 Å². The van der Waals surface area contributed by atoms with Crippen molar-refractivity contribution in [1.29, 1.82) is 0 Å². The van der Waals surface area contributed by atoms with Gasteiger partial charge in [0.1, 0.15) is 25.2 Å². The lowest BCUT2D eigenvalue weighted by molar-refractivity contribution is -0.109. The number of hydrogen-bond acceptors (Lipinski definition) is 7. The Morgan fingerprint density at radius 3 is 2.31 bits per heavy atom. The molecule has 0 aliphatic carbocycles. The Hall–Kier alpha value is -3.16. The van der Waals surface area contributed by atoms with Gasteiger partial charge in [-0.3, -0.25) is 4.90 Å². The number of nitrogens with zero attached hydrogens (tertiary/aromatic N) is 1. The van der Waals surface area contributed by atoms with Crippen LogP contribution in [0.1, 0.15) is 60.9 Å². The first-order valence-corrected chi connectivity index (χ1v) is 16.6. The average Bonchev–Trinajstić information content (AvgIpc) is 3.47. The van der Waals surface area contributed by atoms with Gasteiger partial charge in [-0.25, -0.2) is 0 Å². The smallest absolute Gasteiger partial charge is 0.161 e. The SMILES string of the molecule is CCc1cccc(CC)c1NC.CSCCCOc1ccc(C2C[C@@H](c3ccc4c(c3)OCCO4)CN2CC=O)cc1. The van der Waals surface area contributed by atoms with Gasteiger partial charge < -0.3 is 24.3 Å². The molecule has 7 heteroatoms. The summed E-state index contributed by atoms with van der Waals surface area (Å²) in [6.07, 6.45) is 7.34. The molecule has 0 spiro atoms. The monoisotopic (exact) mass is 590 g/mol. The van der Waals surface area contributed by atoms with E-state index < -0.39 is 0 Å². The molecule has 2 atom stereocenters. The summed E-state index contributed by atoms with van der Waals surface area (Å²) in [4.78, 5) is 13.6. The van der Waals surface area contributed by atoms with E-state index in [0.29, 0.717) is 25.7 Å². The third-order valence-corrected chi connectivity index (χ3v) is 8.72. The summed E-state index contributed by atoms with van der Waals surface area (Å²) in [5.41, 5.74) is 6.62. The molecule has 6 nitrogen and oxygen atoms in total. The second kappa shape index (κ2) is 16.5. The zero-order valence-corrected chi connectivity index (χ0v) is 26.4. The number of rotatable bonds is 12. The van der Waals surface area contributed by atoms with Crippen LogP contribution in [0.5, 0.6) is 17.2 Å². The predicted molar refractivity (Wildman–Crippen MR) is 175 cm³/mol. The van der Waals surface area contributed by atoms with Crippen molar-refractivity contribution in [2.24, 2.45) is 0 Å². The molecule has 42 heavy (non-hydrogen) atoms. The number of carbonyl (C=O) groups excluding carboxylic acids is 1. The summed E-state index contributed by atoms with van der Waals surface area (Å²) < 4.78 is 17.2. The molecule has 226 valence electrons. The van der Waals surface area contributed by atoms with E-state index in [4.69, 9.17) is 14.2 Å². The van der Waals surface area contributed by atoms with Crippen LogP contribution in [-0.2, 0) is 17.6 Å². The minimum Gasteiger partial charge on any atom is -0.494 e. The molecule has 1 saturated heterocycles. The van der Waals surface area contributed by atoms with Gasteiger partial charge in [0, 0.05) is 25.3 Å². The minimum absolute atomic E-state index is 0.221. The van der Waals surface area contributed by atoms with Crippen LogP contribution in [0.4, 0.5) is 5.69 Å². The fourth-order valence-corrected chi connectivity index (χ4v) is 6.25. The van der Waals surface area contributed by atoms with Crippen LogP contribution in [0.3, 0.4) is 0 Å². The second-order valence-corrected chi connectivity index (χ2v) is 11.6. The van der Waals surface area contributed by atoms with Crippen molar-refractivity contribution in [2.75, 3.05) is 57.3 Å². The minimum atomic E-state index is 0.221. The van der Waals surface area contributed by atoms with Crippen molar-refractivity contribution in [3.8, 4) is 17.2 Å². The third-order valence-electron chi connectivity index (χ3n) is 8.03. The molecule has 5 rings (SSSR count). The molecule has 1 fully saturated rings. The number of aryl methyl sites for hydroxylation is 2. The highest BCUT2D eigenvalue weighted by molar-refractivity contribution is 7.98. The van der Waals surface area contributed by atoms with E-state index in [1.807, 2.05) is 37.0 Å². The van der Waals surface area contributed by atoms with Gasteiger partial charge in [0.05, 0.1) is 13.2 Å². The van der Waals surface area contributed by atoms with Crippen molar-refractivity contribution >= 4 is 23.7 Å². The molecule has 0 bridgehead atoms. The van der Waals surface area contributed by atoms with Crippen molar-refractivity contribution in [1.82, 2.24) is 4.90 Å². The lowest BCUT2D eigenvalue weighted by Crippen LogP contribution is -2.25. The van der Waals surface area contributed by atoms with Crippen molar-refractivity contribution < 1.29 is 19.0 Å². The number of anilines is 1. The van der Waals surface area contributed by atoms with Gasteiger partial charge in [-0.05, 0) is 90.1 Å². The number of carbonyl (C=O) groups is 1. The molecule has 2 heterocycles.